The fourth-order valence-corrected chi connectivity index (χ4v) is 5.16. The van der Waals surface area contributed by atoms with E-state index in [0.29, 0.717) is 6.54 Å². The number of hydrogen-bond donors (Lipinski definition) is 1. The van der Waals surface area contributed by atoms with Gasteiger partial charge in [-0.15, -0.1) is 0 Å². The highest BCUT2D eigenvalue weighted by Crippen LogP contribution is 2.38. The lowest BCUT2D eigenvalue weighted by Gasteiger charge is -2.32. The van der Waals surface area contributed by atoms with E-state index < -0.39 is 0 Å². The maximum atomic E-state index is 13.1. The van der Waals surface area contributed by atoms with Crippen molar-refractivity contribution >= 4 is 17.4 Å². The highest BCUT2D eigenvalue weighted by molar-refractivity contribution is 5.99. The third-order valence-electron chi connectivity index (χ3n) is 6.75. The molecule has 152 valence electrons. The lowest BCUT2D eigenvalue weighted by atomic mass is 9.95. The number of hydrogen-bond acceptors (Lipinski definition) is 5. The summed E-state index contributed by atoms with van der Waals surface area (Å²) >= 11 is 0. The van der Waals surface area contributed by atoms with Crippen LogP contribution in [0.15, 0.2) is 36.4 Å². The molecule has 1 saturated heterocycles. The van der Waals surface area contributed by atoms with E-state index in [1.165, 1.54) is 19.3 Å². The van der Waals surface area contributed by atoms with Gasteiger partial charge in [-0.2, -0.15) is 0 Å². The Morgan fingerprint density at radius 2 is 1.93 bits per heavy atom. The lowest BCUT2D eigenvalue weighted by molar-refractivity contribution is -0.120. The van der Waals surface area contributed by atoms with E-state index in [1.807, 2.05) is 42.2 Å². The minimum Gasteiger partial charge on any atom is -0.497 e. The summed E-state index contributed by atoms with van der Waals surface area (Å²) in [5.41, 5.74) is 6.34. The normalized spacial score (nSPS) is 26.3. The van der Waals surface area contributed by atoms with Gasteiger partial charge in [0.1, 0.15) is 11.6 Å². The first kappa shape index (κ1) is 18.4. The molecule has 2 aliphatic heterocycles. The Labute approximate surface area is 171 Å². The van der Waals surface area contributed by atoms with Gasteiger partial charge in [0.15, 0.2) is 0 Å². The van der Waals surface area contributed by atoms with Crippen molar-refractivity contribution in [2.24, 2.45) is 11.8 Å². The van der Waals surface area contributed by atoms with Crippen molar-refractivity contribution < 1.29 is 9.53 Å². The van der Waals surface area contributed by atoms with Crippen LogP contribution in [0.4, 0.5) is 11.5 Å². The number of fused-ring (bicyclic) bond motifs is 2. The number of hydrazine groups is 1. The number of nitrogens with one attached hydrogen (secondary N) is 1. The third-order valence-corrected chi connectivity index (χ3v) is 6.75. The fraction of sp³-hybridized carbons (Fsp3) is 0.478. The average molecular weight is 393 g/mol. The molecule has 0 radical (unpaired) electrons. The molecular formula is C23H28N4O2. The molecule has 2 fully saturated rings. The monoisotopic (exact) mass is 392 g/mol. The molecule has 3 aliphatic rings. The summed E-state index contributed by atoms with van der Waals surface area (Å²) in [4.78, 5) is 19.8. The number of rotatable bonds is 4. The van der Waals surface area contributed by atoms with Crippen LogP contribution in [-0.4, -0.2) is 36.1 Å². The molecule has 0 spiro atoms. The second-order valence-corrected chi connectivity index (χ2v) is 8.56. The van der Waals surface area contributed by atoms with Crippen molar-refractivity contribution in [2.45, 2.75) is 38.6 Å². The van der Waals surface area contributed by atoms with Crippen LogP contribution >= 0.6 is 0 Å². The molecule has 1 amide bonds. The number of ether oxygens (including phenoxy) is 1. The number of methoxy groups -OCH3 is 1. The average Bonchev–Trinajstić information content (AvgIpc) is 3.33. The van der Waals surface area contributed by atoms with Crippen LogP contribution in [0.2, 0.25) is 0 Å². The summed E-state index contributed by atoms with van der Waals surface area (Å²) in [5, 5.41) is 2.31. The maximum absolute atomic E-state index is 13.1. The quantitative estimate of drug-likeness (QED) is 0.858. The molecule has 1 saturated carbocycles. The maximum Gasteiger partial charge on any atom is 0.236 e. The summed E-state index contributed by atoms with van der Waals surface area (Å²) in [7, 11) is 1.64. The summed E-state index contributed by atoms with van der Waals surface area (Å²) in [5.74, 6) is 3.06. The van der Waals surface area contributed by atoms with Gasteiger partial charge in [0.05, 0.1) is 25.3 Å². The molecule has 6 heteroatoms. The molecule has 1 N–H and O–H groups in total. The smallest absolute Gasteiger partial charge is 0.236 e. The number of amides is 1. The lowest BCUT2D eigenvalue weighted by Crippen LogP contribution is -2.39. The third kappa shape index (κ3) is 3.35. The van der Waals surface area contributed by atoms with Gasteiger partial charge < -0.3 is 15.1 Å². The Morgan fingerprint density at radius 1 is 1.14 bits per heavy atom. The standard InChI is InChI=1S/C23H28N4O2/c1-15-22-18(14-27(23(15)28)19-7-4-8-20(11-19)29-2)9-10-21(24-22)25-26-12-16-5-3-6-17(16)13-26/h4,7-11,15-17H,3,5-6,12-14H2,1-2H3,(H,24,25). The van der Waals surface area contributed by atoms with Crippen molar-refractivity contribution in [3.8, 4) is 5.75 Å². The van der Waals surface area contributed by atoms with Gasteiger partial charge in [-0.25, -0.2) is 9.99 Å². The van der Waals surface area contributed by atoms with E-state index >= 15 is 0 Å². The van der Waals surface area contributed by atoms with Crippen LogP contribution in [0.3, 0.4) is 0 Å². The molecule has 1 aliphatic carbocycles. The van der Waals surface area contributed by atoms with Gasteiger partial charge in [0.25, 0.3) is 0 Å². The predicted molar refractivity (Wildman–Crippen MR) is 113 cm³/mol. The molecule has 1 aromatic carbocycles. The number of carbonyl (C=O) groups is 1. The van der Waals surface area contributed by atoms with Crippen LogP contribution in [0.5, 0.6) is 5.75 Å². The van der Waals surface area contributed by atoms with Crippen molar-refractivity contribution in [3.63, 3.8) is 0 Å². The zero-order valence-electron chi connectivity index (χ0n) is 17.1. The molecule has 1 aromatic heterocycles. The zero-order chi connectivity index (χ0) is 20.0. The largest absolute Gasteiger partial charge is 0.497 e. The van der Waals surface area contributed by atoms with E-state index in [1.54, 1.807) is 7.11 Å². The summed E-state index contributed by atoms with van der Waals surface area (Å²) in [6.45, 7) is 4.68. The highest BCUT2D eigenvalue weighted by Gasteiger charge is 2.37. The second kappa shape index (κ2) is 7.34. The minimum absolute atomic E-state index is 0.0751. The van der Waals surface area contributed by atoms with E-state index in [2.05, 4.69) is 16.5 Å². The van der Waals surface area contributed by atoms with Crippen LogP contribution in [-0.2, 0) is 11.3 Å². The number of benzene rings is 1. The second-order valence-electron chi connectivity index (χ2n) is 8.56. The van der Waals surface area contributed by atoms with Crippen molar-refractivity contribution in [2.75, 3.05) is 30.5 Å². The van der Waals surface area contributed by atoms with E-state index in [-0.39, 0.29) is 11.8 Å². The topological polar surface area (TPSA) is 57.7 Å². The van der Waals surface area contributed by atoms with Crippen LogP contribution in [0.1, 0.15) is 43.4 Å². The van der Waals surface area contributed by atoms with Crippen LogP contribution < -0.4 is 15.1 Å². The number of anilines is 2. The summed E-state index contributed by atoms with van der Waals surface area (Å²) in [6, 6.07) is 11.8. The number of aromatic nitrogens is 1. The SMILES string of the molecule is COc1cccc(N2Cc3ccc(NN4CC5CCCC5C4)nc3C(C)C2=O)c1. The molecule has 3 unspecified atom stereocenters. The van der Waals surface area contributed by atoms with E-state index in [0.717, 1.165) is 53.4 Å². The molecule has 5 rings (SSSR count). The first-order chi connectivity index (χ1) is 14.1. The van der Waals surface area contributed by atoms with Crippen LogP contribution in [0, 0.1) is 11.8 Å². The van der Waals surface area contributed by atoms with Crippen molar-refractivity contribution in [3.05, 3.63) is 47.7 Å². The Morgan fingerprint density at radius 3 is 2.69 bits per heavy atom. The number of nitrogens with zero attached hydrogens (tertiary/aromatic N) is 3. The summed E-state index contributed by atoms with van der Waals surface area (Å²) in [6.07, 6.45) is 4.09. The molecule has 3 heterocycles. The molecule has 6 nitrogen and oxygen atoms in total. The molecule has 2 aromatic rings. The van der Waals surface area contributed by atoms with Crippen molar-refractivity contribution in [1.29, 1.82) is 0 Å². The Bertz CT molecular complexity index is 919. The molecular weight excluding hydrogens is 364 g/mol. The number of pyridine rings is 1. The molecule has 29 heavy (non-hydrogen) atoms. The number of carbonyl (C=O) groups excluding carboxylic acids is 1. The van der Waals surface area contributed by atoms with Gasteiger partial charge in [-0.1, -0.05) is 18.6 Å². The first-order valence-electron chi connectivity index (χ1n) is 10.6. The van der Waals surface area contributed by atoms with Gasteiger partial charge in [-0.3, -0.25) is 4.79 Å². The van der Waals surface area contributed by atoms with Crippen molar-refractivity contribution in [1.82, 2.24) is 9.99 Å². The van der Waals surface area contributed by atoms with Gasteiger partial charge in [0.2, 0.25) is 5.91 Å². The zero-order valence-corrected chi connectivity index (χ0v) is 17.1. The highest BCUT2D eigenvalue weighted by atomic mass is 16.5. The van der Waals surface area contributed by atoms with Gasteiger partial charge in [-0.05, 0) is 55.4 Å². The Kier molecular flexibility index (Phi) is 4.66. The summed E-state index contributed by atoms with van der Waals surface area (Å²) < 4.78 is 5.32. The Hall–Kier alpha value is -2.60. The van der Waals surface area contributed by atoms with Crippen LogP contribution in [0.25, 0.3) is 0 Å². The van der Waals surface area contributed by atoms with E-state index in [4.69, 9.17) is 9.72 Å². The molecule has 0 bridgehead atoms. The Balaban J connectivity index is 1.35. The first-order valence-corrected chi connectivity index (χ1v) is 10.6. The van der Waals surface area contributed by atoms with Gasteiger partial charge >= 0.3 is 0 Å². The minimum atomic E-state index is -0.273. The van der Waals surface area contributed by atoms with E-state index in [9.17, 15) is 4.79 Å². The predicted octanol–water partition coefficient (Wildman–Crippen LogP) is 3.80. The molecule has 3 atom stereocenters. The van der Waals surface area contributed by atoms with Gasteiger partial charge in [0, 0.05) is 24.8 Å². The fourth-order valence-electron chi connectivity index (χ4n) is 5.16.